The van der Waals surface area contributed by atoms with Crippen molar-refractivity contribution in [2.45, 2.75) is 11.8 Å². The van der Waals surface area contributed by atoms with Gasteiger partial charge in [0.25, 0.3) is 0 Å². The number of carbonyl (C=O) groups is 1. The number of carbonyl (C=O) groups excluding carboxylic acids is 1. The molecule has 0 spiro atoms. The first-order valence-corrected chi connectivity index (χ1v) is 7.40. The highest BCUT2D eigenvalue weighted by Crippen LogP contribution is 2.29. The maximum absolute atomic E-state index is 11.5. The number of esters is 1. The summed E-state index contributed by atoms with van der Waals surface area (Å²) >= 11 is 3.06. The summed E-state index contributed by atoms with van der Waals surface area (Å²) in [5, 5.41) is 0.848. The second-order valence-corrected chi connectivity index (χ2v) is 5.53. The maximum atomic E-state index is 11.5. The molecule has 94 valence electrons. The summed E-state index contributed by atoms with van der Waals surface area (Å²) < 4.78 is 4.73. The highest BCUT2D eigenvalue weighted by molar-refractivity contribution is 7.98. The molecule has 0 saturated heterocycles. The van der Waals surface area contributed by atoms with Gasteiger partial charge in [-0.3, -0.25) is 0 Å². The van der Waals surface area contributed by atoms with E-state index in [1.807, 2.05) is 25.3 Å². The van der Waals surface area contributed by atoms with E-state index in [0.717, 1.165) is 16.3 Å². The van der Waals surface area contributed by atoms with Crippen LogP contribution in [0.25, 0.3) is 10.6 Å². The largest absolute Gasteiger partial charge is 0.465 e. The Kier molecular flexibility index (Phi) is 4.04. The molecule has 0 aliphatic rings. The quantitative estimate of drug-likeness (QED) is 0.635. The fraction of sp³-hybridized carbons (Fsp3) is 0.231. The van der Waals surface area contributed by atoms with Gasteiger partial charge in [0, 0.05) is 10.5 Å². The van der Waals surface area contributed by atoms with Gasteiger partial charge in [-0.1, -0.05) is 12.1 Å². The van der Waals surface area contributed by atoms with Crippen molar-refractivity contribution in [2.75, 3.05) is 13.4 Å². The Morgan fingerprint density at radius 1 is 1.33 bits per heavy atom. The molecule has 0 amide bonds. The molecular weight excluding hydrogens is 266 g/mol. The minimum Gasteiger partial charge on any atom is -0.465 e. The highest BCUT2D eigenvalue weighted by Gasteiger charge is 2.16. The molecule has 5 heteroatoms. The van der Waals surface area contributed by atoms with E-state index in [1.54, 1.807) is 11.8 Å². The van der Waals surface area contributed by atoms with Crippen molar-refractivity contribution in [3.8, 4) is 10.6 Å². The Morgan fingerprint density at radius 3 is 2.56 bits per heavy atom. The van der Waals surface area contributed by atoms with Crippen LogP contribution >= 0.6 is 23.1 Å². The summed E-state index contributed by atoms with van der Waals surface area (Å²) in [6.07, 6.45) is 2.04. The van der Waals surface area contributed by atoms with Crippen LogP contribution in [0.2, 0.25) is 0 Å². The van der Waals surface area contributed by atoms with E-state index in [4.69, 9.17) is 4.74 Å². The molecule has 0 N–H and O–H groups in total. The molecule has 1 aromatic heterocycles. The van der Waals surface area contributed by atoms with Crippen molar-refractivity contribution in [1.29, 1.82) is 0 Å². The zero-order valence-electron chi connectivity index (χ0n) is 10.4. The molecule has 0 fully saturated rings. The minimum absolute atomic E-state index is 0.322. The number of ether oxygens (including phenoxy) is 1. The number of methoxy groups -OCH3 is 1. The highest BCUT2D eigenvalue weighted by atomic mass is 32.2. The summed E-state index contributed by atoms with van der Waals surface area (Å²) in [7, 11) is 1.38. The Morgan fingerprint density at radius 2 is 2.00 bits per heavy atom. The number of thiazole rings is 1. The van der Waals surface area contributed by atoms with Crippen molar-refractivity contribution in [3.63, 3.8) is 0 Å². The lowest BCUT2D eigenvalue weighted by Gasteiger charge is -1.98. The number of nitrogens with zero attached hydrogens (tertiary/aromatic N) is 1. The summed E-state index contributed by atoms with van der Waals surface area (Å²) in [6, 6.07) is 8.14. The van der Waals surface area contributed by atoms with Gasteiger partial charge >= 0.3 is 5.97 Å². The summed E-state index contributed by atoms with van der Waals surface area (Å²) in [5.74, 6) is -0.322. The first-order valence-electron chi connectivity index (χ1n) is 5.36. The Bertz CT molecular complexity index is 561. The van der Waals surface area contributed by atoms with Gasteiger partial charge in [0.2, 0.25) is 0 Å². The third kappa shape index (κ3) is 2.57. The molecule has 18 heavy (non-hydrogen) atoms. The van der Waals surface area contributed by atoms with E-state index in [1.165, 1.54) is 23.3 Å². The van der Waals surface area contributed by atoms with Gasteiger partial charge in [0.15, 0.2) is 0 Å². The third-order valence-electron chi connectivity index (χ3n) is 2.50. The van der Waals surface area contributed by atoms with Crippen molar-refractivity contribution in [1.82, 2.24) is 4.98 Å². The molecule has 0 aliphatic carbocycles. The number of thioether (sulfide) groups is 1. The SMILES string of the molecule is COC(=O)c1sc(-c2ccc(SC)cc2)nc1C. The maximum Gasteiger partial charge on any atom is 0.349 e. The average Bonchev–Trinajstić information content (AvgIpc) is 2.80. The lowest BCUT2D eigenvalue weighted by atomic mass is 10.2. The fourth-order valence-electron chi connectivity index (χ4n) is 1.54. The lowest BCUT2D eigenvalue weighted by molar-refractivity contribution is 0.0605. The number of rotatable bonds is 3. The fourth-order valence-corrected chi connectivity index (χ4v) is 2.93. The predicted molar refractivity (Wildman–Crippen MR) is 75.4 cm³/mol. The molecule has 0 atom stereocenters. The predicted octanol–water partition coefficient (Wildman–Crippen LogP) is 3.63. The second-order valence-electron chi connectivity index (χ2n) is 3.65. The van der Waals surface area contributed by atoms with E-state index < -0.39 is 0 Å². The molecule has 1 aromatic carbocycles. The van der Waals surface area contributed by atoms with Gasteiger partial charge in [-0.25, -0.2) is 9.78 Å². The van der Waals surface area contributed by atoms with Crippen molar-refractivity contribution < 1.29 is 9.53 Å². The van der Waals surface area contributed by atoms with Gasteiger partial charge in [-0.15, -0.1) is 23.1 Å². The minimum atomic E-state index is -0.322. The number of aryl methyl sites for hydroxylation is 1. The van der Waals surface area contributed by atoms with Crippen LogP contribution in [-0.4, -0.2) is 24.3 Å². The first-order chi connectivity index (χ1) is 8.65. The van der Waals surface area contributed by atoms with E-state index in [0.29, 0.717) is 4.88 Å². The van der Waals surface area contributed by atoms with Gasteiger partial charge in [-0.05, 0) is 25.3 Å². The normalized spacial score (nSPS) is 10.4. The standard InChI is InChI=1S/C13H13NO2S2/c1-8-11(13(15)16-2)18-12(14-8)9-4-6-10(17-3)7-5-9/h4-7H,1-3H3. The zero-order valence-corrected chi connectivity index (χ0v) is 12.0. The van der Waals surface area contributed by atoms with Crippen LogP contribution in [0.5, 0.6) is 0 Å². The smallest absolute Gasteiger partial charge is 0.349 e. The molecule has 0 saturated carbocycles. The van der Waals surface area contributed by atoms with Crippen LogP contribution in [0, 0.1) is 6.92 Å². The Balaban J connectivity index is 2.36. The van der Waals surface area contributed by atoms with Gasteiger partial charge < -0.3 is 4.74 Å². The topological polar surface area (TPSA) is 39.2 Å². The van der Waals surface area contributed by atoms with E-state index in [-0.39, 0.29) is 5.97 Å². The van der Waals surface area contributed by atoms with Gasteiger partial charge in [0.1, 0.15) is 9.88 Å². The molecular formula is C13H13NO2S2. The van der Waals surface area contributed by atoms with Gasteiger partial charge in [0.05, 0.1) is 12.8 Å². The molecule has 0 radical (unpaired) electrons. The van der Waals surface area contributed by atoms with Crippen LogP contribution in [-0.2, 0) is 4.74 Å². The Hall–Kier alpha value is -1.33. The number of hydrogen-bond acceptors (Lipinski definition) is 5. The van der Waals surface area contributed by atoms with Gasteiger partial charge in [-0.2, -0.15) is 0 Å². The molecule has 0 bridgehead atoms. The summed E-state index contributed by atoms with van der Waals surface area (Å²) in [5.41, 5.74) is 1.74. The molecule has 2 rings (SSSR count). The summed E-state index contributed by atoms with van der Waals surface area (Å²) in [6.45, 7) is 1.82. The summed E-state index contributed by atoms with van der Waals surface area (Å²) in [4.78, 5) is 17.7. The molecule has 3 nitrogen and oxygen atoms in total. The van der Waals surface area contributed by atoms with Crippen molar-refractivity contribution in [3.05, 3.63) is 34.8 Å². The lowest BCUT2D eigenvalue weighted by Crippen LogP contribution is -1.99. The molecule has 0 unspecified atom stereocenters. The molecule has 2 aromatic rings. The first kappa shape index (κ1) is 13.1. The Labute approximate surface area is 114 Å². The molecule has 1 heterocycles. The van der Waals surface area contributed by atoms with Crippen LogP contribution in [0.1, 0.15) is 15.4 Å². The monoisotopic (exact) mass is 279 g/mol. The molecule has 0 aliphatic heterocycles. The second kappa shape index (κ2) is 5.54. The van der Waals surface area contributed by atoms with Crippen molar-refractivity contribution in [2.24, 2.45) is 0 Å². The average molecular weight is 279 g/mol. The van der Waals surface area contributed by atoms with Crippen LogP contribution in [0.4, 0.5) is 0 Å². The van der Waals surface area contributed by atoms with E-state index >= 15 is 0 Å². The number of benzene rings is 1. The number of aromatic nitrogens is 1. The van der Waals surface area contributed by atoms with Crippen LogP contribution in [0.15, 0.2) is 29.2 Å². The number of hydrogen-bond donors (Lipinski definition) is 0. The van der Waals surface area contributed by atoms with Crippen molar-refractivity contribution >= 4 is 29.1 Å². The van der Waals surface area contributed by atoms with E-state index in [2.05, 4.69) is 17.1 Å². The van der Waals surface area contributed by atoms with Crippen LogP contribution < -0.4 is 0 Å². The van der Waals surface area contributed by atoms with E-state index in [9.17, 15) is 4.79 Å². The van der Waals surface area contributed by atoms with Crippen LogP contribution in [0.3, 0.4) is 0 Å². The zero-order chi connectivity index (χ0) is 13.1. The third-order valence-corrected chi connectivity index (χ3v) is 4.43.